The molecule has 2 saturated carbocycles. The summed E-state index contributed by atoms with van der Waals surface area (Å²) in [7, 11) is 0. The number of hydrogen-bond donors (Lipinski definition) is 1. The van der Waals surface area contributed by atoms with Crippen LogP contribution in [0.4, 0.5) is 0 Å². The lowest BCUT2D eigenvalue weighted by atomic mass is 9.55. The Hall–Kier alpha value is 0.270. The molecule has 0 aromatic heterocycles. The van der Waals surface area contributed by atoms with Gasteiger partial charge >= 0.3 is 0 Å². The van der Waals surface area contributed by atoms with Gasteiger partial charge in [-0.05, 0) is 57.6 Å². The number of thioether (sulfide) groups is 1. The first-order chi connectivity index (χ1) is 10.3. The van der Waals surface area contributed by atoms with Crippen LogP contribution in [0.3, 0.4) is 0 Å². The fourth-order valence-corrected chi connectivity index (χ4v) is 4.84. The van der Waals surface area contributed by atoms with Crippen LogP contribution in [-0.2, 0) is 4.74 Å². The zero-order valence-corrected chi connectivity index (χ0v) is 15.0. The molecule has 0 bridgehead atoms. The van der Waals surface area contributed by atoms with Gasteiger partial charge in [0.25, 0.3) is 0 Å². The summed E-state index contributed by atoms with van der Waals surface area (Å²) in [5.74, 6) is 1.33. The molecule has 1 N–H and O–H groups in total. The molecule has 2 aliphatic carbocycles. The molecule has 2 aliphatic rings. The summed E-state index contributed by atoms with van der Waals surface area (Å²) < 4.78 is 6.03. The molecule has 2 unspecified atom stereocenters. The zero-order valence-electron chi connectivity index (χ0n) is 14.2. The smallest absolute Gasteiger partial charge is 0.0661 e. The molecule has 0 saturated heterocycles. The fourth-order valence-electron chi connectivity index (χ4n) is 4.35. The highest BCUT2D eigenvalue weighted by Crippen LogP contribution is 2.53. The highest BCUT2D eigenvalue weighted by Gasteiger charge is 2.55. The predicted octanol–water partition coefficient (Wildman–Crippen LogP) is 4.63. The largest absolute Gasteiger partial charge is 0.378 e. The molecule has 3 heteroatoms. The van der Waals surface area contributed by atoms with Crippen LogP contribution >= 0.6 is 11.8 Å². The van der Waals surface area contributed by atoms with Gasteiger partial charge in [-0.25, -0.2) is 0 Å². The van der Waals surface area contributed by atoms with E-state index in [2.05, 4.69) is 18.5 Å². The van der Waals surface area contributed by atoms with Gasteiger partial charge in [-0.2, -0.15) is 11.8 Å². The summed E-state index contributed by atoms with van der Waals surface area (Å²) in [6, 6.07) is 0.737. The van der Waals surface area contributed by atoms with E-state index < -0.39 is 0 Å². The fraction of sp³-hybridized carbons (Fsp3) is 1.00. The van der Waals surface area contributed by atoms with Crippen LogP contribution in [0, 0.1) is 5.41 Å². The van der Waals surface area contributed by atoms with Crippen LogP contribution in [0.1, 0.15) is 71.1 Å². The first-order valence-corrected chi connectivity index (χ1v) is 10.6. The van der Waals surface area contributed by atoms with Crippen molar-refractivity contribution in [1.82, 2.24) is 5.32 Å². The van der Waals surface area contributed by atoms with Crippen molar-refractivity contribution in [3.63, 3.8) is 0 Å². The van der Waals surface area contributed by atoms with Gasteiger partial charge < -0.3 is 10.1 Å². The van der Waals surface area contributed by atoms with Crippen LogP contribution in [0.15, 0.2) is 0 Å². The minimum atomic E-state index is 0.493. The Balaban J connectivity index is 1.65. The SMILES string of the molecule is CCOC1CC(NCCCCCCSC)C12CCCCC2. The van der Waals surface area contributed by atoms with Gasteiger partial charge in [0.05, 0.1) is 6.10 Å². The molecule has 2 atom stereocenters. The molecule has 0 aliphatic heterocycles. The quantitative estimate of drug-likeness (QED) is 0.594. The summed E-state index contributed by atoms with van der Waals surface area (Å²) in [5, 5.41) is 3.87. The van der Waals surface area contributed by atoms with E-state index in [4.69, 9.17) is 4.74 Å². The number of unbranched alkanes of at least 4 members (excludes halogenated alkanes) is 3. The van der Waals surface area contributed by atoms with Crippen molar-refractivity contribution in [2.24, 2.45) is 5.41 Å². The highest BCUT2D eigenvalue weighted by molar-refractivity contribution is 7.98. The van der Waals surface area contributed by atoms with Gasteiger partial charge in [-0.3, -0.25) is 0 Å². The molecular weight excluding hydrogens is 278 g/mol. The molecule has 2 nitrogen and oxygen atoms in total. The van der Waals surface area contributed by atoms with Gasteiger partial charge in [-0.1, -0.05) is 32.1 Å². The van der Waals surface area contributed by atoms with Crippen LogP contribution in [-0.4, -0.2) is 37.3 Å². The molecule has 0 amide bonds. The Bertz CT molecular complexity index is 278. The molecule has 0 aromatic carbocycles. The lowest BCUT2D eigenvalue weighted by Gasteiger charge is -2.58. The molecule has 1 spiro atoms. The zero-order chi connectivity index (χ0) is 15.0. The van der Waals surface area contributed by atoms with Crippen molar-refractivity contribution in [2.45, 2.75) is 83.3 Å². The minimum Gasteiger partial charge on any atom is -0.378 e. The highest BCUT2D eigenvalue weighted by atomic mass is 32.2. The van der Waals surface area contributed by atoms with E-state index in [-0.39, 0.29) is 0 Å². The van der Waals surface area contributed by atoms with Gasteiger partial charge in [0.1, 0.15) is 0 Å². The summed E-state index contributed by atoms with van der Waals surface area (Å²) in [5.41, 5.74) is 0.493. The molecular formula is C18H35NOS. The van der Waals surface area contributed by atoms with E-state index in [1.54, 1.807) is 0 Å². The predicted molar refractivity (Wildman–Crippen MR) is 94.2 cm³/mol. The molecule has 124 valence electrons. The Morgan fingerprint density at radius 1 is 1.10 bits per heavy atom. The standard InChI is InChI=1S/C18H35NOS/c1-3-20-17-15-16(18(17)11-7-6-8-12-18)19-13-9-4-5-10-14-21-2/h16-17,19H,3-15H2,1-2H3. The van der Waals surface area contributed by atoms with Gasteiger partial charge in [0.2, 0.25) is 0 Å². The third-order valence-electron chi connectivity index (χ3n) is 5.60. The molecule has 0 aromatic rings. The Kier molecular flexibility index (Phi) is 7.90. The van der Waals surface area contributed by atoms with Crippen molar-refractivity contribution < 1.29 is 4.74 Å². The summed E-state index contributed by atoms with van der Waals surface area (Å²) in [6.45, 7) is 4.24. The van der Waals surface area contributed by atoms with Crippen LogP contribution in [0.25, 0.3) is 0 Å². The number of nitrogens with one attached hydrogen (secondary N) is 1. The summed E-state index contributed by atoms with van der Waals surface area (Å²) in [4.78, 5) is 0. The minimum absolute atomic E-state index is 0.493. The summed E-state index contributed by atoms with van der Waals surface area (Å²) >= 11 is 1.97. The van der Waals surface area contributed by atoms with Gasteiger partial charge in [0.15, 0.2) is 0 Å². The lowest BCUT2D eigenvalue weighted by Crippen LogP contribution is -2.64. The van der Waals surface area contributed by atoms with E-state index >= 15 is 0 Å². The van der Waals surface area contributed by atoms with Gasteiger partial charge in [-0.15, -0.1) is 0 Å². The first kappa shape index (κ1) is 17.6. The van der Waals surface area contributed by atoms with E-state index in [0.717, 1.165) is 12.6 Å². The first-order valence-electron chi connectivity index (χ1n) is 9.17. The van der Waals surface area contributed by atoms with Crippen molar-refractivity contribution in [1.29, 1.82) is 0 Å². The van der Waals surface area contributed by atoms with E-state index in [1.165, 1.54) is 76.5 Å². The molecule has 2 fully saturated rings. The lowest BCUT2D eigenvalue weighted by molar-refractivity contribution is -0.149. The van der Waals surface area contributed by atoms with Crippen molar-refractivity contribution >= 4 is 11.8 Å². The van der Waals surface area contributed by atoms with E-state index in [0.29, 0.717) is 11.5 Å². The van der Waals surface area contributed by atoms with E-state index in [1.807, 2.05) is 11.8 Å². The average Bonchev–Trinajstić information content (AvgIpc) is 2.53. The third kappa shape index (κ3) is 4.62. The molecule has 0 heterocycles. The molecule has 2 rings (SSSR count). The number of hydrogen-bond acceptors (Lipinski definition) is 3. The second kappa shape index (κ2) is 9.42. The average molecular weight is 314 g/mol. The second-order valence-electron chi connectivity index (χ2n) is 6.89. The Morgan fingerprint density at radius 2 is 1.86 bits per heavy atom. The second-order valence-corrected chi connectivity index (χ2v) is 7.87. The Labute approximate surface area is 136 Å². The molecule has 0 radical (unpaired) electrons. The van der Waals surface area contributed by atoms with Crippen molar-refractivity contribution in [3.8, 4) is 0 Å². The normalized spacial score (nSPS) is 27.7. The van der Waals surface area contributed by atoms with Crippen molar-refractivity contribution in [2.75, 3.05) is 25.2 Å². The third-order valence-corrected chi connectivity index (χ3v) is 6.30. The van der Waals surface area contributed by atoms with Crippen LogP contribution < -0.4 is 5.32 Å². The topological polar surface area (TPSA) is 21.3 Å². The van der Waals surface area contributed by atoms with Crippen LogP contribution in [0.5, 0.6) is 0 Å². The number of rotatable bonds is 10. The maximum Gasteiger partial charge on any atom is 0.0661 e. The molecule has 21 heavy (non-hydrogen) atoms. The number of ether oxygens (including phenoxy) is 1. The monoisotopic (exact) mass is 313 g/mol. The van der Waals surface area contributed by atoms with Crippen LogP contribution in [0.2, 0.25) is 0 Å². The van der Waals surface area contributed by atoms with Crippen molar-refractivity contribution in [3.05, 3.63) is 0 Å². The maximum absolute atomic E-state index is 6.03. The van der Waals surface area contributed by atoms with Gasteiger partial charge in [0, 0.05) is 18.1 Å². The maximum atomic E-state index is 6.03. The van der Waals surface area contributed by atoms with E-state index in [9.17, 15) is 0 Å². The Morgan fingerprint density at radius 3 is 2.57 bits per heavy atom. The summed E-state index contributed by atoms with van der Waals surface area (Å²) in [6.07, 6.45) is 16.6.